The Morgan fingerprint density at radius 2 is 1.70 bits per heavy atom. The highest BCUT2D eigenvalue weighted by atomic mass is 16.3. The molecular formula is C25H34N4O. The number of hydrogen-bond donors (Lipinski definition) is 1. The minimum atomic E-state index is 0.204. The second-order valence-electron chi connectivity index (χ2n) is 9.05. The van der Waals surface area contributed by atoms with Crippen LogP contribution in [0.5, 0.6) is 0 Å². The van der Waals surface area contributed by atoms with E-state index in [1.165, 1.54) is 46.5 Å². The summed E-state index contributed by atoms with van der Waals surface area (Å²) in [5.74, 6) is 2.57. The summed E-state index contributed by atoms with van der Waals surface area (Å²) in [7, 11) is 0. The van der Waals surface area contributed by atoms with Crippen molar-refractivity contribution in [1.82, 2.24) is 14.5 Å². The van der Waals surface area contributed by atoms with Gasteiger partial charge in [0, 0.05) is 25.4 Å². The minimum Gasteiger partial charge on any atom is -0.396 e. The molecule has 0 spiro atoms. The second-order valence-corrected chi connectivity index (χ2v) is 9.05. The van der Waals surface area contributed by atoms with Crippen molar-refractivity contribution in [3.63, 3.8) is 0 Å². The van der Waals surface area contributed by atoms with Gasteiger partial charge in [-0.2, -0.15) is 0 Å². The summed E-state index contributed by atoms with van der Waals surface area (Å²) < 4.78 is 2.33. The van der Waals surface area contributed by atoms with Gasteiger partial charge in [0.25, 0.3) is 0 Å². The third-order valence-electron chi connectivity index (χ3n) is 6.37. The molecule has 1 aliphatic carbocycles. The van der Waals surface area contributed by atoms with Crippen LogP contribution in [-0.2, 0) is 0 Å². The Morgan fingerprint density at radius 3 is 2.30 bits per heavy atom. The van der Waals surface area contributed by atoms with E-state index in [-0.39, 0.29) is 6.61 Å². The van der Waals surface area contributed by atoms with Crippen LogP contribution in [0.25, 0.3) is 16.7 Å². The molecule has 0 unspecified atom stereocenters. The first-order valence-corrected chi connectivity index (χ1v) is 11.1. The Kier molecular flexibility index (Phi) is 5.58. The molecule has 0 radical (unpaired) electrons. The van der Waals surface area contributed by atoms with E-state index in [4.69, 9.17) is 9.97 Å². The molecule has 1 fully saturated rings. The zero-order valence-electron chi connectivity index (χ0n) is 19.2. The Balaban J connectivity index is 1.96. The van der Waals surface area contributed by atoms with Gasteiger partial charge >= 0.3 is 0 Å². The highest BCUT2D eigenvalue weighted by Gasteiger charge is 2.28. The number of benzene rings is 1. The van der Waals surface area contributed by atoms with E-state index in [9.17, 15) is 5.11 Å². The average Bonchev–Trinajstić information content (AvgIpc) is 3.46. The topological polar surface area (TPSA) is 54.2 Å². The van der Waals surface area contributed by atoms with Crippen molar-refractivity contribution in [3.05, 3.63) is 45.9 Å². The molecule has 30 heavy (non-hydrogen) atoms. The molecule has 2 aromatic heterocycles. The summed E-state index contributed by atoms with van der Waals surface area (Å²) in [4.78, 5) is 12.2. The molecule has 5 nitrogen and oxygen atoms in total. The highest BCUT2D eigenvalue weighted by Crippen LogP contribution is 2.38. The fourth-order valence-electron chi connectivity index (χ4n) is 4.73. The van der Waals surface area contributed by atoms with Crippen LogP contribution in [0.4, 0.5) is 5.82 Å². The molecule has 5 heteroatoms. The molecule has 1 aromatic carbocycles. The Bertz CT molecular complexity index is 1070. The minimum absolute atomic E-state index is 0.204. The van der Waals surface area contributed by atoms with Crippen LogP contribution in [0, 0.1) is 47.5 Å². The van der Waals surface area contributed by atoms with Gasteiger partial charge in [-0.05, 0) is 83.4 Å². The number of anilines is 1. The van der Waals surface area contributed by atoms with Gasteiger partial charge in [0.15, 0.2) is 5.65 Å². The standard InChI is InChI=1S/C25H34N4O/c1-15-12-16(2)23(17(3)13-15)29-19(5)18(4)22-24(26-20(6)27-25(22)29)28(10-7-11-30)14-21-8-9-21/h12-13,21,30H,7-11,14H2,1-6H3. The predicted octanol–water partition coefficient (Wildman–Crippen LogP) is 4.87. The molecule has 0 aliphatic heterocycles. The van der Waals surface area contributed by atoms with Crippen molar-refractivity contribution in [3.8, 4) is 5.69 Å². The van der Waals surface area contributed by atoms with Gasteiger partial charge in [-0.15, -0.1) is 0 Å². The maximum Gasteiger partial charge on any atom is 0.150 e. The summed E-state index contributed by atoms with van der Waals surface area (Å²) in [6, 6.07) is 4.50. The summed E-state index contributed by atoms with van der Waals surface area (Å²) in [6.07, 6.45) is 3.35. The Hall–Kier alpha value is -2.40. The molecule has 3 aromatic rings. The molecule has 4 rings (SSSR count). The quantitative estimate of drug-likeness (QED) is 0.608. The van der Waals surface area contributed by atoms with Crippen molar-refractivity contribution in [2.45, 2.75) is 60.8 Å². The number of hydrogen-bond acceptors (Lipinski definition) is 4. The number of fused-ring (bicyclic) bond motifs is 1. The van der Waals surface area contributed by atoms with Gasteiger partial charge in [-0.25, -0.2) is 9.97 Å². The smallest absolute Gasteiger partial charge is 0.150 e. The van der Waals surface area contributed by atoms with Gasteiger partial charge in [-0.1, -0.05) is 17.7 Å². The molecule has 160 valence electrons. The number of nitrogens with zero attached hydrogens (tertiary/aromatic N) is 4. The number of aliphatic hydroxyl groups is 1. The van der Waals surface area contributed by atoms with E-state index in [0.29, 0.717) is 0 Å². The molecular weight excluding hydrogens is 372 g/mol. The summed E-state index contributed by atoms with van der Waals surface area (Å²) >= 11 is 0. The average molecular weight is 407 g/mol. The van der Waals surface area contributed by atoms with E-state index >= 15 is 0 Å². The molecule has 2 heterocycles. The largest absolute Gasteiger partial charge is 0.396 e. The highest BCUT2D eigenvalue weighted by molar-refractivity contribution is 5.94. The molecule has 1 saturated carbocycles. The van der Waals surface area contributed by atoms with Gasteiger partial charge in [0.1, 0.15) is 11.6 Å². The fourth-order valence-corrected chi connectivity index (χ4v) is 4.73. The number of aromatic nitrogens is 3. The van der Waals surface area contributed by atoms with Crippen molar-refractivity contribution < 1.29 is 5.11 Å². The van der Waals surface area contributed by atoms with Crippen LogP contribution in [0.15, 0.2) is 12.1 Å². The monoisotopic (exact) mass is 406 g/mol. The van der Waals surface area contributed by atoms with Crippen LogP contribution >= 0.6 is 0 Å². The SMILES string of the molecule is Cc1cc(C)c(-n2c(C)c(C)c3c(N(CCCO)CC4CC4)nc(C)nc32)c(C)c1. The van der Waals surface area contributed by atoms with E-state index in [1.54, 1.807) is 0 Å². The normalized spacial score (nSPS) is 14.0. The number of aliphatic hydroxyl groups excluding tert-OH is 1. The molecule has 0 saturated heterocycles. The fraction of sp³-hybridized carbons (Fsp3) is 0.520. The van der Waals surface area contributed by atoms with Gasteiger partial charge in [0.05, 0.1) is 11.1 Å². The van der Waals surface area contributed by atoms with E-state index in [0.717, 1.165) is 48.1 Å². The number of rotatable bonds is 7. The van der Waals surface area contributed by atoms with Crippen LogP contribution in [0.2, 0.25) is 0 Å². The van der Waals surface area contributed by atoms with Crippen molar-refractivity contribution >= 4 is 16.9 Å². The van der Waals surface area contributed by atoms with Gasteiger partial charge in [0.2, 0.25) is 0 Å². The van der Waals surface area contributed by atoms with Crippen LogP contribution in [0.1, 0.15) is 53.0 Å². The lowest BCUT2D eigenvalue weighted by Gasteiger charge is -2.25. The first-order valence-electron chi connectivity index (χ1n) is 11.1. The summed E-state index contributed by atoms with van der Waals surface area (Å²) in [6.45, 7) is 14.9. The van der Waals surface area contributed by atoms with Crippen molar-refractivity contribution in [2.75, 3.05) is 24.6 Å². The summed E-state index contributed by atoms with van der Waals surface area (Å²) in [5, 5.41) is 10.6. The predicted molar refractivity (Wildman–Crippen MR) is 124 cm³/mol. The van der Waals surface area contributed by atoms with Crippen LogP contribution in [0.3, 0.4) is 0 Å². The Labute approximate surface area is 179 Å². The molecule has 0 amide bonds. The zero-order valence-corrected chi connectivity index (χ0v) is 19.2. The molecule has 1 N–H and O–H groups in total. The maximum absolute atomic E-state index is 9.45. The third kappa shape index (κ3) is 3.71. The molecule has 1 aliphatic rings. The Morgan fingerprint density at radius 1 is 1.03 bits per heavy atom. The van der Waals surface area contributed by atoms with Gasteiger partial charge in [-0.3, -0.25) is 4.57 Å². The first-order chi connectivity index (χ1) is 14.3. The van der Waals surface area contributed by atoms with E-state index in [1.807, 2.05) is 6.92 Å². The third-order valence-corrected chi connectivity index (χ3v) is 6.37. The lowest BCUT2D eigenvalue weighted by atomic mass is 10.0. The first kappa shape index (κ1) is 20.9. The van der Waals surface area contributed by atoms with Crippen LogP contribution in [-0.4, -0.2) is 39.3 Å². The maximum atomic E-state index is 9.45. The molecule has 0 atom stereocenters. The lowest BCUT2D eigenvalue weighted by molar-refractivity contribution is 0.289. The van der Waals surface area contributed by atoms with Crippen molar-refractivity contribution in [2.24, 2.45) is 5.92 Å². The van der Waals surface area contributed by atoms with Crippen molar-refractivity contribution in [1.29, 1.82) is 0 Å². The van der Waals surface area contributed by atoms with E-state index in [2.05, 4.69) is 56.2 Å². The second kappa shape index (κ2) is 8.03. The molecule has 0 bridgehead atoms. The van der Waals surface area contributed by atoms with E-state index < -0.39 is 0 Å². The van der Waals surface area contributed by atoms with Crippen LogP contribution < -0.4 is 4.90 Å². The van der Waals surface area contributed by atoms with Gasteiger partial charge < -0.3 is 10.0 Å². The number of aryl methyl sites for hydroxylation is 5. The lowest BCUT2D eigenvalue weighted by Crippen LogP contribution is -2.29. The summed E-state index contributed by atoms with van der Waals surface area (Å²) in [5.41, 5.74) is 8.49. The zero-order chi connectivity index (χ0) is 21.6.